The van der Waals surface area contributed by atoms with Gasteiger partial charge in [-0.3, -0.25) is 4.79 Å². The van der Waals surface area contributed by atoms with Crippen molar-refractivity contribution in [3.63, 3.8) is 0 Å². The molecule has 5 heteroatoms. The monoisotopic (exact) mass is 291 g/mol. The molecule has 114 valence electrons. The molecule has 0 bridgehead atoms. The lowest BCUT2D eigenvalue weighted by atomic mass is 10.1. The van der Waals surface area contributed by atoms with Gasteiger partial charge in [-0.05, 0) is 37.5 Å². The van der Waals surface area contributed by atoms with E-state index in [0.29, 0.717) is 26.0 Å². The van der Waals surface area contributed by atoms with Gasteiger partial charge in [0.05, 0.1) is 12.2 Å². The van der Waals surface area contributed by atoms with Crippen LogP contribution in [0.1, 0.15) is 29.3 Å². The molecular weight excluding hydrogens is 270 g/mol. The van der Waals surface area contributed by atoms with Crippen molar-refractivity contribution in [1.82, 2.24) is 5.32 Å². The summed E-state index contributed by atoms with van der Waals surface area (Å²) >= 11 is 0. The number of carbonyl (C=O) groups excluding carboxylic acids is 1. The minimum atomic E-state index is -0.944. The molecular formula is C16H21NO4. The van der Waals surface area contributed by atoms with Crippen molar-refractivity contribution in [1.29, 1.82) is 0 Å². The number of nitrogens with one attached hydrogen (secondary N) is 1. The fraction of sp³-hybridized carbons (Fsp3) is 0.375. The first kappa shape index (κ1) is 16.9. The van der Waals surface area contributed by atoms with E-state index in [9.17, 15) is 9.59 Å². The van der Waals surface area contributed by atoms with Crippen LogP contribution in [0.3, 0.4) is 0 Å². The van der Waals surface area contributed by atoms with E-state index in [4.69, 9.17) is 9.84 Å². The molecule has 21 heavy (non-hydrogen) atoms. The zero-order valence-corrected chi connectivity index (χ0v) is 12.2. The van der Waals surface area contributed by atoms with E-state index in [2.05, 4.69) is 11.9 Å². The Morgan fingerprint density at radius 1 is 1.38 bits per heavy atom. The van der Waals surface area contributed by atoms with Crippen LogP contribution in [-0.4, -0.2) is 36.2 Å². The van der Waals surface area contributed by atoms with Crippen molar-refractivity contribution in [2.75, 3.05) is 13.2 Å². The SMILES string of the molecule is C=CCCOC(C)C(=O)NCCc1ccc(C(=O)O)cc1. The molecule has 1 aromatic carbocycles. The minimum Gasteiger partial charge on any atom is -0.478 e. The van der Waals surface area contributed by atoms with Crippen molar-refractivity contribution in [3.8, 4) is 0 Å². The second kappa shape index (κ2) is 8.92. The maximum atomic E-state index is 11.7. The van der Waals surface area contributed by atoms with Gasteiger partial charge >= 0.3 is 5.97 Å². The van der Waals surface area contributed by atoms with Crippen LogP contribution in [0.15, 0.2) is 36.9 Å². The molecule has 5 nitrogen and oxygen atoms in total. The molecule has 1 amide bonds. The van der Waals surface area contributed by atoms with E-state index in [1.54, 1.807) is 37.3 Å². The van der Waals surface area contributed by atoms with Gasteiger partial charge in [0.1, 0.15) is 6.10 Å². The molecule has 1 aromatic rings. The third-order valence-corrected chi connectivity index (χ3v) is 2.97. The van der Waals surface area contributed by atoms with Gasteiger partial charge in [-0.15, -0.1) is 6.58 Å². The van der Waals surface area contributed by atoms with Gasteiger partial charge in [-0.25, -0.2) is 4.79 Å². The first-order valence-electron chi connectivity index (χ1n) is 6.87. The number of benzene rings is 1. The smallest absolute Gasteiger partial charge is 0.335 e. The second-order valence-corrected chi connectivity index (χ2v) is 4.63. The van der Waals surface area contributed by atoms with Gasteiger partial charge in [0, 0.05) is 6.54 Å². The molecule has 0 saturated heterocycles. The molecule has 1 atom stereocenters. The predicted octanol–water partition coefficient (Wildman–Crippen LogP) is 2.02. The van der Waals surface area contributed by atoms with E-state index in [1.807, 2.05) is 0 Å². The highest BCUT2D eigenvalue weighted by Gasteiger charge is 2.11. The van der Waals surface area contributed by atoms with Crippen molar-refractivity contribution in [3.05, 3.63) is 48.0 Å². The summed E-state index contributed by atoms with van der Waals surface area (Å²) in [5.41, 5.74) is 1.23. The van der Waals surface area contributed by atoms with E-state index < -0.39 is 12.1 Å². The Kier molecular flexibility index (Phi) is 7.18. The van der Waals surface area contributed by atoms with Crippen molar-refractivity contribution in [2.45, 2.75) is 25.9 Å². The molecule has 1 rings (SSSR count). The van der Waals surface area contributed by atoms with Gasteiger partial charge in [-0.1, -0.05) is 18.2 Å². The van der Waals surface area contributed by atoms with Crippen molar-refractivity contribution in [2.24, 2.45) is 0 Å². The molecule has 0 fully saturated rings. The largest absolute Gasteiger partial charge is 0.478 e. The number of amides is 1. The van der Waals surface area contributed by atoms with Crippen LogP contribution < -0.4 is 5.32 Å². The Hall–Kier alpha value is -2.14. The Balaban J connectivity index is 2.30. The van der Waals surface area contributed by atoms with Gasteiger partial charge in [-0.2, -0.15) is 0 Å². The first-order chi connectivity index (χ1) is 10.0. The lowest BCUT2D eigenvalue weighted by Crippen LogP contribution is -2.35. The first-order valence-corrected chi connectivity index (χ1v) is 6.87. The third kappa shape index (κ3) is 6.23. The van der Waals surface area contributed by atoms with Gasteiger partial charge in [0.2, 0.25) is 5.91 Å². The molecule has 0 aromatic heterocycles. The average Bonchev–Trinajstić information content (AvgIpc) is 2.47. The number of aromatic carboxylic acids is 1. The summed E-state index contributed by atoms with van der Waals surface area (Å²) in [6.07, 6.45) is 2.61. The van der Waals surface area contributed by atoms with Crippen LogP contribution in [0.5, 0.6) is 0 Å². The summed E-state index contributed by atoms with van der Waals surface area (Å²) in [4.78, 5) is 22.5. The highest BCUT2D eigenvalue weighted by molar-refractivity contribution is 5.87. The fourth-order valence-electron chi connectivity index (χ4n) is 1.69. The number of carboxylic acids is 1. The summed E-state index contributed by atoms with van der Waals surface area (Å²) in [5.74, 6) is -1.10. The Labute approximate surface area is 124 Å². The summed E-state index contributed by atoms with van der Waals surface area (Å²) < 4.78 is 5.34. The van der Waals surface area contributed by atoms with Gasteiger partial charge in [0.25, 0.3) is 0 Å². The lowest BCUT2D eigenvalue weighted by Gasteiger charge is -2.12. The molecule has 0 aliphatic carbocycles. The van der Waals surface area contributed by atoms with Gasteiger partial charge in [0.15, 0.2) is 0 Å². The number of ether oxygens (including phenoxy) is 1. The van der Waals surface area contributed by atoms with E-state index in [0.717, 1.165) is 5.56 Å². The van der Waals surface area contributed by atoms with E-state index >= 15 is 0 Å². The number of carbonyl (C=O) groups is 2. The average molecular weight is 291 g/mol. The van der Waals surface area contributed by atoms with Crippen molar-refractivity contribution < 1.29 is 19.4 Å². The summed E-state index contributed by atoms with van der Waals surface area (Å²) in [6, 6.07) is 6.61. The standard InChI is InChI=1S/C16H21NO4/c1-3-4-11-21-12(2)15(18)17-10-9-13-5-7-14(8-6-13)16(19)20/h3,5-8,12H,1,4,9-11H2,2H3,(H,17,18)(H,19,20). The number of hydrogen-bond acceptors (Lipinski definition) is 3. The fourth-order valence-corrected chi connectivity index (χ4v) is 1.69. The van der Waals surface area contributed by atoms with Crippen LogP contribution in [-0.2, 0) is 16.0 Å². The predicted molar refractivity (Wildman–Crippen MR) is 80.3 cm³/mol. The quantitative estimate of drug-likeness (QED) is 0.539. The van der Waals surface area contributed by atoms with Gasteiger partial charge < -0.3 is 15.2 Å². The Bertz CT molecular complexity index is 482. The second-order valence-electron chi connectivity index (χ2n) is 4.63. The number of carboxylic acid groups (broad SMARTS) is 1. The zero-order chi connectivity index (χ0) is 15.7. The highest BCUT2D eigenvalue weighted by atomic mass is 16.5. The van der Waals surface area contributed by atoms with E-state index in [1.165, 1.54) is 0 Å². The molecule has 0 saturated carbocycles. The van der Waals surface area contributed by atoms with Crippen LogP contribution in [0.4, 0.5) is 0 Å². The Morgan fingerprint density at radius 3 is 2.62 bits per heavy atom. The highest BCUT2D eigenvalue weighted by Crippen LogP contribution is 2.05. The number of rotatable bonds is 9. The van der Waals surface area contributed by atoms with E-state index in [-0.39, 0.29) is 11.5 Å². The molecule has 0 radical (unpaired) electrons. The molecule has 0 aliphatic rings. The topological polar surface area (TPSA) is 75.6 Å². The molecule has 0 heterocycles. The minimum absolute atomic E-state index is 0.152. The molecule has 2 N–H and O–H groups in total. The lowest BCUT2D eigenvalue weighted by molar-refractivity contribution is -0.131. The Morgan fingerprint density at radius 2 is 2.05 bits per heavy atom. The summed E-state index contributed by atoms with van der Waals surface area (Å²) in [7, 11) is 0. The van der Waals surface area contributed by atoms with Crippen LogP contribution in [0.2, 0.25) is 0 Å². The van der Waals surface area contributed by atoms with Crippen LogP contribution in [0, 0.1) is 0 Å². The van der Waals surface area contributed by atoms with Crippen LogP contribution >= 0.6 is 0 Å². The normalized spacial score (nSPS) is 11.7. The maximum absolute atomic E-state index is 11.7. The summed E-state index contributed by atoms with van der Waals surface area (Å²) in [6.45, 7) is 6.26. The maximum Gasteiger partial charge on any atom is 0.335 e. The number of hydrogen-bond donors (Lipinski definition) is 2. The zero-order valence-electron chi connectivity index (χ0n) is 12.2. The summed E-state index contributed by atoms with van der Waals surface area (Å²) in [5, 5.41) is 11.6. The van der Waals surface area contributed by atoms with Crippen molar-refractivity contribution >= 4 is 11.9 Å². The molecule has 0 spiro atoms. The third-order valence-electron chi connectivity index (χ3n) is 2.97. The van der Waals surface area contributed by atoms with Crippen LogP contribution in [0.25, 0.3) is 0 Å². The molecule has 0 aliphatic heterocycles. The molecule has 1 unspecified atom stereocenters.